The van der Waals surface area contributed by atoms with Crippen LogP contribution in [0.25, 0.3) is 0 Å². The Hall–Kier alpha value is -0.930. The molecule has 1 aromatic rings. The highest BCUT2D eigenvalue weighted by atomic mass is 16.5. The number of ether oxygens (including phenoxy) is 1. The number of nitrogens with zero attached hydrogens (tertiary/aromatic N) is 1. The first-order chi connectivity index (χ1) is 7.83. The molecule has 1 saturated heterocycles. The molecule has 1 aromatic heterocycles. The van der Waals surface area contributed by atoms with E-state index in [9.17, 15) is 0 Å². The van der Waals surface area contributed by atoms with Gasteiger partial charge in [0.2, 0.25) is 0 Å². The minimum atomic E-state index is 0.341. The first kappa shape index (κ1) is 11.6. The highest BCUT2D eigenvalue weighted by Gasteiger charge is 2.28. The Bertz CT molecular complexity index is 334. The summed E-state index contributed by atoms with van der Waals surface area (Å²) in [5.41, 5.74) is 2.44. The minimum Gasteiger partial charge on any atom is -0.381 e. The molecule has 1 N–H and O–H groups in total. The van der Waals surface area contributed by atoms with E-state index in [0.29, 0.717) is 12.0 Å². The fourth-order valence-corrected chi connectivity index (χ4v) is 2.35. The minimum absolute atomic E-state index is 0.341. The molecule has 3 nitrogen and oxygen atoms in total. The fourth-order valence-electron chi connectivity index (χ4n) is 2.35. The largest absolute Gasteiger partial charge is 0.381 e. The van der Waals surface area contributed by atoms with Crippen LogP contribution >= 0.6 is 0 Å². The van der Waals surface area contributed by atoms with Crippen molar-refractivity contribution in [2.24, 2.45) is 5.92 Å². The highest BCUT2D eigenvalue weighted by Crippen LogP contribution is 2.29. The van der Waals surface area contributed by atoms with Gasteiger partial charge >= 0.3 is 0 Å². The summed E-state index contributed by atoms with van der Waals surface area (Å²) in [6, 6.07) is 4.46. The zero-order valence-corrected chi connectivity index (χ0v) is 10.1. The van der Waals surface area contributed by atoms with Crippen LogP contribution in [0.1, 0.15) is 30.6 Å². The van der Waals surface area contributed by atoms with Crippen LogP contribution in [0.2, 0.25) is 0 Å². The quantitative estimate of drug-likeness (QED) is 0.843. The predicted molar refractivity (Wildman–Crippen MR) is 64.3 cm³/mol. The van der Waals surface area contributed by atoms with Gasteiger partial charge in [0, 0.05) is 18.7 Å². The summed E-state index contributed by atoms with van der Waals surface area (Å²) in [5.74, 6) is 0.563. The van der Waals surface area contributed by atoms with E-state index in [4.69, 9.17) is 4.74 Å². The maximum atomic E-state index is 5.48. The Morgan fingerprint density at radius 1 is 1.62 bits per heavy atom. The van der Waals surface area contributed by atoms with Gasteiger partial charge in [-0.3, -0.25) is 4.98 Å². The fraction of sp³-hybridized carbons (Fsp3) is 0.615. The molecule has 0 saturated carbocycles. The predicted octanol–water partition coefficient (Wildman–Crippen LogP) is 2.08. The summed E-state index contributed by atoms with van der Waals surface area (Å²) in [6.07, 6.45) is 3.01. The molecule has 3 heteroatoms. The summed E-state index contributed by atoms with van der Waals surface area (Å²) in [7, 11) is 0. The molecule has 88 valence electrons. The molecule has 1 fully saturated rings. The molecule has 2 atom stereocenters. The second-order valence-corrected chi connectivity index (χ2v) is 4.36. The van der Waals surface area contributed by atoms with Crippen LogP contribution in [-0.2, 0) is 4.74 Å². The summed E-state index contributed by atoms with van der Waals surface area (Å²) in [6.45, 7) is 6.98. The van der Waals surface area contributed by atoms with Crippen molar-refractivity contribution in [3.8, 4) is 0 Å². The third-order valence-electron chi connectivity index (χ3n) is 3.20. The molecule has 0 spiro atoms. The molecule has 0 aromatic carbocycles. The molecular formula is C13H20N2O. The summed E-state index contributed by atoms with van der Waals surface area (Å²) < 4.78 is 5.48. The second-order valence-electron chi connectivity index (χ2n) is 4.36. The van der Waals surface area contributed by atoms with Gasteiger partial charge in [-0.2, -0.15) is 0 Å². The van der Waals surface area contributed by atoms with Crippen molar-refractivity contribution in [1.82, 2.24) is 10.3 Å². The zero-order valence-electron chi connectivity index (χ0n) is 10.1. The average Bonchev–Trinajstić information content (AvgIpc) is 2.80. The normalized spacial score (nSPS) is 22.2. The molecule has 16 heavy (non-hydrogen) atoms. The van der Waals surface area contributed by atoms with Crippen LogP contribution in [0, 0.1) is 12.8 Å². The van der Waals surface area contributed by atoms with E-state index in [-0.39, 0.29) is 0 Å². The first-order valence-corrected chi connectivity index (χ1v) is 6.05. The van der Waals surface area contributed by atoms with Gasteiger partial charge in [-0.25, -0.2) is 0 Å². The van der Waals surface area contributed by atoms with E-state index in [1.165, 1.54) is 11.3 Å². The molecule has 0 radical (unpaired) electrons. The van der Waals surface area contributed by atoms with E-state index < -0.39 is 0 Å². The molecular weight excluding hydrogens is 200 g/mol. The maximum absolute atomic E-state index is 5.48. The second kappa shape index (κ2) is 5.41. The van der Waals surface area contributed by atoms with Gasteiger partial charge in [-0.15, -0.1) is 0 Å². The van der Waals surface area contributed by atoms with Gasteiger partial charge in [-0.05, 0) is 31.5 Å². The smallest absolute Gasteiger partial charge is 0.0605 e. The van der Waals surface area contributed by atoms with Crippen LogP contribution in [0.4, 0.5) is 0 Å². The molecule has 2 unspecified atom stereocenters. The van der Waals surface area contributed by atoms with Crippen LogP contribution < -0.4 is 5.32 Å². The van der Waals surface area contributed by atoms with E-state index >= 15 is 0 Å². The number of aryl methyl sites for hydroxylation is 1. The van der Waals surface area contributed by atoms with E-state index in [1.807, 2.05) is 12.3 Å². The van der Waals surface area contributed by atoms with Crippen molar-refractivity contribution >= 4 is 0 Å². The van der Waals surface area contributed by atoms with Gasteiger partial charge in [0.05, 0.1) is 18.3 Å². The summed E-state index contributed by atoms with van der Waals surface area (Å²) in [5, 5.41) is 3.54. The van der Waals surface area contributed by atoms with Crippen molar-refractivity contribution in [1.29, 1.82) is 0 Å². The zero-order chi connectivity index (χ0) is 11.4. The van der Waals surface area contributed by atoms with Crippen molar-refractivity contribution in [2.45, 2.75) is 26.3 Å². The SMILES string of the molecule is CCNC(c1ncccc1C)C1CCOC1. The number of aromatic nitrogens is 1. The topological polar surface area (TPSA) is 34.2 Å². The number of hydrogen-bond donors (Lipinski definition) is 1. The third-order valence-corrected chi connectivity index (χ3v) is 3.20. The first-order valence-electron chi connectivity index (χ1n) is 6.05. The van der Waals surface area contributed by atoms with Crippen LogP contribution in [0.5, 0.6) is 0 Å². The van der Waals surface area contributed by atoms with Gasteiger partial charge in [0.1, 0.15) is 0 Å². The van der Waals surface area contributed by atoms with E-state index in [2.05, 4.69) is 30.2 Å². The Labute approximate surface area is 97.2 Å². The van der Waals surface area contributed by atoms with Crippen molar-refractivity contribution in [3.63, 3.8) is 0 Å². The Morgan fingerprint density at radius 3 is 3.12 bits per heavy atom. The molecule has 0 amide bonds. The van der Waals surface area contributed by atoms with Gasteiger partial charge in [0.15, 0.2) is 0 Å². The molecule has 0 bridgehead atoms. The summed E-state index contributed by atoms with van der Waals surface area (Å²) >= 11 is 0. The number of pyridine rings is 1. The molecule has 2 heterocycles. The van der Waals surface area contributed by atoms with Crippen LogP contribution in [0.15, 0.2) is 18.3 Å². The lowest BCUT2D eigenvalue weighted by Crippen LogP contribution is -2.30. The summed E-state index contributed by atoms with van der Waals surface area (Å²) in [4.78, 5) is 4.52. The van der Waals surface area contributed by atoms with Gasteiger partial charge in [-0.1, -0.05) is 13.0 Å². The van der Waals surface area contributed by atoms with Crippen molar-refractivity contribution in [3.05, 3.63) is 29.6 Å². The number of nitrogens with one attached hydrogen (secondary N) is 1. The van der Waals surface area contributed by atoms with Crippen LogP contribution in [-0.4, -0.2) is 24.7 Å². The Kier molecular flexibility index (Phi) is 3.91. The average molecular weight is 220 g/mol. The Morgan fingerprint density at radius 2 is 2.50 bits per heavy atom. The number of rotatable bonds is 4. The van der Waals surface area contributed by atoms with Crippen molar-refractivity contribution in [2.75, 3.05) is 19.8 Å². The highest BCUT2D eigenvalue weighted by molar-refractivity contribution is 5.22. The van der Waals surface area contributed by atoms with Gasteiger partial charge < -0.3 is 10.1 Å². The molecule has 0 aliphatic carbocycles. The van der Waals surface area contributed by atoms with Crippen molar-refractivity contribution < 1.29 is 4.74 Å². The molecule has 1 aliphatic heterocycles. The Balaban J connectivity index is 2.21. The standard InChI is InChI=1S/C13H20N2O/c1-3-14-13(11-6-8-16-9-11)12-10(2)5-4-7-15-12/h4-5,7,11,13-14H,3,6,8-9H2,1-2H3. The maximum Gasteiger partial charge on any atom is 0.0605 e. The lowest BCUT2D eigenvalue weighted by Gasteiger charge is -2.24. The lowest BCUT2D eigenvalue weighted by atomic mass is 9.93. The van der Waals surface area contributed by atoms with Gasteiger partial charge in [0.25, 0.3) is 0 Å². The molecule has 1 aliphatic rings. The van der Waals surface area contributed by atoms with E-state index in [0.717, 1.165) is 26.2 Å². The van der Waals surface area contributed by atoms with Crippen LogP contribution in [0.3, 0.4) is 0 Å². The lowest BCUT2D eigenvalue weighted by molar-refractivity contribution is 0.176. The molecule has 2 rings (SSSR count). The number of hydrogen-bond acceptors (Lipinski definition) is 3. The van der Waals surface area contributed by atoms with E-state index in [1.54, 1.807) is 0 Å². The third kappa shape index (κ3) is 2.42. The monoisotopic (exact) mass is 220 g/mol.